The van der Waals surface area contributed by atoms with Gasteiger partial charge < -0.3 is 10.1 Å². The number of hydrogen-bond acceptors (Lipinski definition) is 4. The van der Waals surface area contributed by atoms with Crippen molar-refractivity contribution in [1.29, 1.82) is 0 Å². The molecular weight excluding hydrogens is 412 g/mol. The summed E-state index contributed by atoms with van der Waals surface area (Å²) in [5, 5.41) is 5.15. The lowest BCUT2D eigenvalue weighted by atomic mass is 9.99. The fourth-order valence-corrected chi connectivity index (χ4v) is 5.35. The third-order valence-electron chi connectivity index (χ3n) is 5.39. The summed E-state index contributed by atoms with van der Waals surface area (Å²) in [6.45, 7) is 6.12. The summed E-state index contributed by atoms with van der Waals surface area (Å²) in [6.07, 6.45) is 0. The van der Waals surface area contributed by atoms with Crippen molar-refractivity contribution in [2.75, 3.05) is 20.2 Å². The Morgan fingerprint density at radius 1 is 1.03 bits per heavy atom. The van der Waals surface area contributed by atoms with E-state index in [9.17, 15) is 13.2 Å². The second-order valence-electron chi connectivity index (χ2n) is 7.22. The van der Waals surface area contributed by atoms with Gasteiger partial charge in [0, 0.05) is 18.7 Å². The van der Waals surface area contributed by atoms with Crippen LogP contribution in [0.1, 0.15) is 42.7 Å². The summed E-state index contributed by atoms with van der Waals surface area (Å²) < 4.78 is 32.7. The van der Waals surface area contributed by atoms with Crippen LogP contribution in [-0.2, 0) is 10.0 Å². The maximum absolute atomic E-state index is 13.1. The summed E-state index contributed by atoms with van der Waals surface area (Å²) >= 11 is 0. The van der Waals surface area contributed by atoms with Crippen LogP contribution in [0.25, 0.3) is 10.8 Å². The van der Waals surface area contributed by atoms with Crippen molar-refractivity contribution in [2.45, 2.75) is 31.7 Å². The monoisotopic (exact) mass is 440 g/mol. The second kappa shape index (κ2) is 9.49. The molecule has 164 valence electrons. The van der Waals surface area contributed by atoms with Crippen molar-refractivity contribution in [1.82, 2.24) is 9.62 Å². The molecule has 1 amide bonds. The van der Waals surface area contributed by atoms with E-state index in [-0.39, 0.29) is 28.2 Å². The van der Waals surface area contributed by atoms with Crippen LogP contribution in [-0.4, -0.2) is 38.8 Å². The fraction of sp³-hybridized carbons (Fsp3) is 0.292. The molecule has 0 saturated carbocycles. The van der Waals surface area contributed by atoms with Crippen molar-refractivity contribution in [3.63, 3.8) is 0 Å². The molecule has 6 nitrogen and oxygen atoms in total. The van der Waals surface area contributed by atoms with E-state index >= 15 is 0 Å². The standard InChI is InChI=1S/C24H28N2O4S/c1-5-26(6-2)31(28,29)23-16-19(14-15-22(23)30-4)24(27)25-17(3)20-13-9-11-18-10-7-8-12-21(18)20/h7-17H,5-6H2,1-4H3,(H,25,27)/t17-/m0/s1. The molecule has 0 radical (unpaired) electrons. The van der Waals surface area contributed by atoms with Crippen molar-refractivity contribution in [3.8, 4) is 5.75 Å². The van der Waals surface area contributed by atoms with Crippen molar-refractivity contribution in [2.24, 2.45) is 0 Å². The first-order valence-electron chi connectivity index (χ1n) is 10.3. The zero-order chi connectivity index (χ0) is 22.6. The zero-order valence-corrected chi connectivity index (χ0v) is 19.1. The molecule has 0 aliphatic carbocycles. The molecule has 3 aromatic rings. The number of fused-ring (bicyclic) bond motifs is 1. The molecule has 7 heteroatoms. The number of carbonyl (C=O) groups is 1. The van der Waals surface area contributed by atoms with Crippen LogP contribution in [0.15, 0.2) is 65.6 Å². The van der Waals surface area contributed by atoms with Crippen LogP contribution < -0.4 is 10.1 Å². The summed E-state index contributed by atoms with van der Waals surface area (Å²) in [5.41, 5.74) is 1.26. The molecule has 0 aliphatic heterocycles. The third-order valence-corrected chi connectivity index (χ3v) is 7.46. The van der Waals surface area contributed by atoms with Gasteiger partial charge >= 0.3 is 0 Å². The highest BCUT2D eigenvalue weighted by atomic mass is 32.2. The van der Waals surface area contributed by atoms with Gasteiger partial charge in [0.25, 0.3) is 5.91 Å². The highest BCUT2D eigenvalue weighted by Crippen LogP contribution is 2.29. The minimum Gasteiger partial charge on any atom is -0.495 e. The Hall–Kier alpha value is -2.90. The predicted molar refractivity (Wildman–Crippen MR) is 123 cm³/mol. The number of nitrogens with one attached hydrogen (secondary N) is 1. The zero-order valence-electron chi connectivity index (χ0n) is 18.3. The molecule has 0 aromatic heterocycles. The molecule has 0 bridgehead atoms. The molecule has 31 heavy (non-hydrogen) atoms. The average Bonchev–Trinajstić information content (AvgIpc) is 2.78. The number of methoxy groups -OCH3 is 1. The minimum atomic E-state index is -3.78. The number of benzene rings is 3. The quantitative estimate of drug-likeness (QED) is 0.564. The van der Waals surface area contributed by atoms with E-state index in [1.54, 1.807) is 19.9 Å². The molecule has 0 aliphatic rings. The molecule has 0 spiro atoms. The van der Waals surface area contributed by atoms with Crippen molar-refractivity contribution >= 4 is 26.7 Å². The normalized spacial score (nSPS) is 12.7. The van der Waals surface area contributed by atoms with Crippen LogP contribution in [0, 0.1) is 0 Å². The largest absolute Gasteiger partial charge is 0.495 e. The number of hydrogen-bond donors (Lipinski definition) is 1. The van der Waals surface area contributed by atoms with E-state index in [4.69, 9.17) is 4.74 Å². The van der Waals surface area contributed by atoms with Gasteiger partial charge in [0.15, 0.2) is 0 Å². The van der Waals surface area contributed by atoms with Gasteiger partial charge in [-0.25, -0.2) is 8.42 Å². The van der Waals surface area contributed by atoms with Crippen LogP contribution in [0.4, 0.5) is 0 Å². The first-order valence-corrected chi connectivity index (χ1v) is 11.7. The van der Waals surface area contributed by atoms with E-state index in [2.05, 4.69) is 5.32 Å². The lowest BCUT2D eigenvalue weighted by Gasteiger charge is -2.21. The lowest BCUT2D eigenvalue weighted by Crippen LogP contribution is -2.31. The van der Waals surface area contributed by atoms with Gasteiger partial charge in [-0.15, -0.1) is 0 Å². The predicted octanol–water partition coefficient (Wildman–Crippen LogP) is 4.37. The van der Waals surface area contributed by atoms with E-state index in [0.29, 0.717) is 13.1 Å². The van der Waals surface area contributed by atoms with Crippen molar-refractivity contribution < 1.29 is 17.9 Å². The van der Waals surface area contributed by atoms with Crippen molar-refractivity contribution in [3.05, 3.63) is 71.8 Å². The Morgan fingerprint density at radius 2 is 1.71 bits per heavy atom. The summed E-state index contributed by atoms with van der Waals surface area (Å²) in [5.74, 6) is -0.135. The average molecular weight is 441 g/mol. The molecular formula is C24H28N2O4S. The Bertz CT molecular complexity index is 1180. The van der Waals surface area contributed by atoms with E-state index in [1.165, 1.54) is 23.5 Å². The molecule has 0 fully saturated rings. The Balaban J connectivity index is 1.93. The SMILES string of the molecule is CCN(CC)S(=O)(=O)c1cc(C(=O)N[C@@H](C)c2cccc3ccccc23)ccc1OC. The molecule has 1 atom stereocenters. The topological polar surface area (TPSA) is 75.7 Å². The summed E-state index contributed by atoms with van der Waals surface area (Å²) in [4.78, 5) is 13.0. The molecule has 0 unspecified atom stereocenters. The smallest absolute Gasteiger partial charge is 0.251 e. The maximum atomic E-state index is 13.1. The van der Waals surface area contributed by atoms with Gasteiger partial charge in [0.1, 0.15) is 10.6 Å². The highest BCUT2D eigenvalue weighted by molar-refractivity contribution is 7.89. The number of carbonyl (C=O) groups excluding carboxylic acids is 1. The molecule has 0 heterocycles. The summed E-state index contributed by atoms with van der Waals surface area (Å²) in [6, 6.07) is 18.2. The van der Waals surface area contributed by atoms with E-state index in [0.717, 1.165) is 16.3 Å². The third kappa shape index (κ3) is 4.57. The van der Waals surface area contributed by atoms with Gasteiger partial charge in [-0.05, 0) is 41.5 Å². The van der Waals surface area contributed by atoms with Gasteiger partial charge in [-0.3, -0.25) is 4.79 Å². The minimum absolute atomic E-state index is 0.0100. The molecule has 0 saturated heterocycles. The Morgan fingerprint density at radius 3 is 2.39 bits per heavy atom. The number of nitrogens with zero attached hydrogens (tertiary/aromatic N) is 1. The second-order valence-corrected chi connectivity index (χ2v) is 9.12. The molecule has 3 aromatic carbocycles. The number of sulfonamides is 1. The van der Waals surface area contributed by atoms with Gasteiger partial charge in [0.05, 0.1) is 13.2 Å². The Kier molecular flexibility index (Phi) is 6.97. The van der Waals surface area contributed by atoms with Gasteiger partial charge in [-0.1, -0.05) is 56.3 Å². The first kappa shape index (κ1) is 22.8. The summed E-state index contributed by atoms with van der Waals surface area (Å²) in [7, 11) is -2.37. The molecule has 1 N–H and O–H groups in total. The van der Waals surface area contributed by atoms with Crippen LogP contribution in [0.5, 0.6) is 5.75 Å². The fourth-order valence-electron chi connectivity index (χ4n) is 3.71. The first-order chi connectivity index (χ1) is 14.8. The van der Waals surface area contributed by atoms with Crippen LogP contribution in [0.3, 0.4) is 0 Å². The van der Waals surface area contributed by atoms with E-state index in [1.807, 2.05) is 49.4 Å². The molecule has 3 rings (SSSR count). The Labute approximate surface area is 183 Å². The number of ether oxygens (including phenoxy) is 1. The van der Waals surface area contributed by atoms with Gasteiger partial charge in [-0.2, -0.15) is 4.31 Å². The van der Waals surface area contributed by atoms with Crippen LogP contribution >= 0.6 is 0 Å². The van der Waals surface area contributed by atoms with Crippen LogP contribution in [0.2, 0.25) is 0 Å². The van der Waals surface area contributed by atoms with Gasteiger partial charge in [0.2, 0.25) is 10.0 Å². The number of rotatable bonds is 8. The maximum Gasteiger partial charge on any atom is 0.251 e. The number of amides is 1. The highest BCUT2D eigenvalue weighted by Gasteiger charge is 2.27. The lowest BCUT2D eigenvalue weighted by molar-refractivity contribution is 0.0940. The van der Waals surface area contributed by atoms with E-state index < -0.39 is 10.0 Å².